The lowest BCUT2D eigenvalue weighted by Gasteiger charge is -2.29. The van der Waals surface area contributed by atoms with Gasteiger partial charge in [-0.15, -0.1) is 0 Å². The second-order valence-corrected chi connectivity index (χ2v) is 9.97. The van der Waals surface area contributed by atoms with E-state index >= 15 is 0 Å². The van der Waals surface area contributed by atoms with Crippen LogP contribution < -0.4 is 15.5 Å². The number of carbonyl (C=O) groups excluding carboxylic acids is 1. The molecule has 1 aromatic carbocycles. The van der Waals surface area contributed by atoms with Crippen molar-refractivity contribution < 1.29 is 13.2 Å². The topological polar surface area (TPSA) is 78.5 Å². The summed E-state index contributed by atoms with van der Waals surface area (Å²) in [7, 11) is -2.90. The molecule has 2 atom stereocenters. The van der Waals surface area contributed by atoms with Crippen molar-refractivity contribution >= 4 is 27.2 Å². The molecule has 26 heavy (non-hydrogen) atoms. The maximum atomic E-state index is 12.2. The molecular formula is C19H29N3O3S. The molecule has 7 heteroatoms. The first kappa shape index (κ1) is 19.0. The number of sulfone groups is 1. The van der Waals surface area contributed by atoms with Crippen molar-refractivity contribution in [3.8, 4) is 0 Å². The Morgan fingerprint density at radius 2 is 2.00 bits per heavy atom. The van der Waals surface area contributed by atoms with E-state index in [0.717, 1.165) is 23.8 Å². The van der Waals surface area contributed by atoms with Crippen LogP contribution in [-0.2, 0) is 9.84 Å². The van der Waals surface area contributed by atoms with Crippen LogP contribution in [0.3, 0.4) is 0 Å². The van der Waals surface area contributed by atoms with E-state index in [2.05, 4.69) is 17.6 Å². The number of nitrogens with one attached hydrogen (secondary N) is 2. The predicted octanol–water partition coefficient (Wildman–Crippen LogP) is 2.87. The van der Waals surface area contributed by atoms with E-state index in [9.17, 15) is 13.2 Å². The highest BCUT2D eigenvalue weighted by Crippen LogP contribution is 2.28. The zero-order valence-electron chi connectivity index (χ0n) is 15.4. The van der Waals surface area contributed by atoms with Gasteiger partial charge in [0.2, 0.25) is 0 Å². The number of hydrogen-bond donors (Lipinski definition) is 2. The van der Waals surface area contributed by atoms with Crippen LogP contribution in [0.1, 0.15) is 32.6 Å². The molecule has 2 fully saturated rings. The van der Waals surface area contributed by atoms with Gasteiger partial charge in [0.05, 0.1) is 11.5 Å². The lowest BCUT2D eigenvalue weighted by Crippen LogP contribution is -2.40. The summed E-state index contributed by atoms with van der Waals surface area (Å²) in [5.41, 5.74) is 1.67. The molecule has 1 saturated carbocycles. The summed E-state index contributed by atoms with van der Waals surface area (Å²) < 4.78 is 23.1. The number of nitrogens with zero attached hydrogens (tertiary/aromatic N) is 1. The predicted molar refractivity (Wildman–Crippen MR) is 105 cm³/mol. The highest BCUT2D eigenvalue weighted by molar-refractivity contribution is 7.91. The fourth-order valence-corrected chi connectivity index (χ4v) is 5.11. The Morgan fingerprint density at radius 3 is 2.73 bits per heavy atom. The molecule has 0 aromatic heterocycles. The Bertz CT molecular complexity index is 721. The van der Waals surface area contributed by atoms with E-state index < -0.39 is 9.84 Å². The summed E-state index contributed by atoms with van der Waals surface area (Å²) in [6, 6.07) is 7.41. The zero-order valence-corrected chi connectivity index (χ0v) is 16.2. The van der Waals surface area contributed by atoms with E-state index in [0.29, 0.717) is 19.0 Å². The summed E-state index contributed by atoms with van der Waals surface area (Å²) in [4.78, 5) is 14.2. The van der Waals surface area contributed by atoms with Crippen LogP contribution in [0.4, 0.5) is 16.2 Å². The third-order valence-corrected chi connectivity index (χ3v) is 7.02. The molecule has 0 spiro atoms. The molecule has 0 bridgehead atoms. The SMILES string of the molecule is C[C@@H]1CCC[C@H](CNC(=O)Nc2cccc(N3CCS(=O)(=O)CC3)c2)C1. The summed E-state index contributed by atoms with van der Waals surface area (Å²) >= 11 is 0. The maximum absolute atomic E-state index is 12.2. The molecule has 0 radical (unpaired) electrons. The van der Waals surface area contributed by atoms with Crippen molar-refractivity contribution in [2.24, 2.45) is 11.8 Å². The minimum absolute atomic E-state index is 0.179. The monoisotopic (exact) mass is 379 g/mol. The minimum Gasteiger partial charge on any atom is -0.369 e. The van der Waals surface area contributed by atoms with E-state index in [1.807, 2.05) is 29.2 Å². The molecular weight excluding hydrogens is 350 g/mol. The first-order valence-electron chi connectivity index (χ1n) is 9.51. The van der Waals surface area contributed by atoms with Crippen LogP contribution in [-0.4, -0.2) is 45.6 Å². The van der Waals surface area contributed by atoms with Crippen LogP contribution >= 0.6 is 0 Å². The fraction of sp³-hybridized carbons (Fsp3) is 0.632. The molecule has 1 aliphatic heterocycles. The van der Waals surface area contributed by atoms with Gasteiger partial charge < -0.3 is 15.5 Å². The lowest BCUT2D eigenvalue weighted by atomic mass is 9.82. The largest absolute Gasteiger partial charge is 0.369 e. The molecule has 3 rings (SSSR count). The normalized spacial score (nSPS) is 25.5. The average Bonchev–Trinajstić information content (AvgIpc) is 2.60. The standard InChI is InChI=1S/C19H29N3O3S/c1-15-4-2-5-16(12-15)14-20-19(23)21-17-6-3-7-18(13-17)22-8-10-26(24,25)11-9-22/h3,6-7,13,15-16H,2,4-5,8-12,14H2,1H3,(H2,20,21,23)/t15-,16+/m1/s1. The van der Waals surface area contributed by atoms with Crippen LogP contribution in [0.25, 0.3) is 0 Å². The second kappa shape index (κ2) is 8.29. The Balaban J connectivity index is 1.51. The summed E-state index contributed by atoms with van der Waals surface area (Å²) in [5, 5.41) is 5.88. The number of rotatable bonds is 4. The molecule has 2 aliphatic rings. The summed E-state index contributed by atoms with van der Waals surface area (Å²) in [6.45, 7) is 4.00. The molecule has 1 aromatic rings. The number of anilines is 2. The quantitative estimate of drug-likeness (QED) is 0.843. The molecule has 1 heterocycles. The van der Waals surface area contributed by atoms with Gasteiger partial charge in [0.15, 0.2) is 9.84 Å². The number of urea groups is 1. The molecule has 6 nitrogen and oxygen atoms in total. The Kier molecular flexibility index (Phi) is 6.06. The minimum atomic E-state index is -2.90. The number of benzene rings is 1. The van der Waals surface area contributed by atoms with E-state index in [1.165, 1.54) is 25.7 Å². The number of amides is 2. The zero-order chi connectivity index (χ0) is 18.6. The number of carbonyl (C=O) groups is 1. The molecule has 2 N–H and O–H groups in total. The Hall–Kier alpha value is -1.76. The molecule has 1 saturated heterocycles. The van der Waals surface area contributed by atoms with Gasteiger partial charge >= 0.3 is 6.03 Å². The molecule has 144 valence electrons. The van der Waals surface area contributed by atoms with E-state index in [4.69, 9.17) is 0 Å². The van der Waals surface area contributed by atoms with Gasteiger partial charge in [-0.25, -0.2) is 13.2 Å². The van der Waals surface area contributed by atoms with E-state index in [1.54, 1.807) is 0 Å². The average molecular weight is 380 g/mol. The highest BCUT2D eigenvalue weighted by atomic mass is 32.2. The van der Waals surface area contributed by atoms with Gasteiger partial charge in [-0.3, -0.25) is 0 Å². The number of hydrogen-bond acceptors (Lipinski definition) is 4. The Morgan fingerprint density at radius 1 is 1.23 bits per heavy atom. The molecule has 1 aliphatic carbocycles. The second-order valence-electron chi connectivity index (χ2n) is 7.66. The smallest absolute Gasteiger partial charge is 0.319 e. The molecule has 2 amide bonds. The van der Waals surface area contributed by atoms with Crippen molar-refractivity contribution in [1.29, 1.82) is 0 Å². The van der Waals surface area contributed by atoms with E-state index in [-0.39, 0.29) is 17.5 Å². The van der Waals surface area contributed by atoms with Crippen molar-refractivity contribution in [2.45, 2.75) is 32.6 Å². The van der Waals surface area contributed by atoms with Crippen LogP contribution in [0, 0.1) is 11.8 Å². The van der Waals surface area contributed by atoms with Crippen molar-refractivity contribution in [2.75, 3.05) is 41.4 Å². The van der Waals surface area contributed by atoms with Crippen LogP contribution in [0.15, 0.2) is 24.3 Å². The van der Waals surface area contributed by atoms with Gasteiger partial charge in [0.1, 0.15) is 0 Å². The van der Waals surface area contributed by atoms with Gasteiger partial charge in [-0.1, -0.05) is 25.8 Å². The third-order valence-electron chi connectivity index (χ3n) is 5.41. The van der Waals surface area contributed by atoms with Crippen LogP contribution in [0.5, 0.6) is 0 Å². The molecule has 0 unspecified atom stereocenters. The maximum Gasteiger partial charge on any atom is 0.319 e. The first-order chi connectivity index (χ1) is 12.4. The van der Waals surface area contributed by atoms with Crippen LogP contribution in [0.2, 0.25) is 0 Å². The summed E-state index contributed by atoms with van der Waals surface area (Å²) in [5.74, 6) is 1.70. The van der Waals surface area contributed by atoms with Gasteiger partial charge in [-0.05, 0) is 42.9 Å². The summed E-state index contributed by atoms with van der Waals surface area (Å²) in [6.07, 6.45) is 4.93. The third kappa shape index (κ3) is 5.37. The Labute approximate surface area is 156 Å². The lowest BCUT2D eigenvalue weighted by molar-refractivity contribution is 0.241. The van der Waals surface area contributed by atoms with Crippen molar-refractivity contribution in [3.63, 3.8) is 0 Å². The first-order valence-corrected chi connectivity index (χ1v) is 11.3. The fourth-order valence-electron chi connectivity index (χ4n) is 3.91. The highest BCUT2D eigenvalue weighted by Gasteiger charge is 2.22. The van der Waals surface area contributed by atoms with Gasteiger partial charge in [-0.2, -0.15) is 0 Å². The van der Waals surface area contributed by atoms with Gasteiger partial charge in [0.25, 0.3) is 0 Å². The van der Waals surface area contributed by atoms with Crippen molar-refractivity contribution in [1.82, 2.24) is 5.32 Å². The van der Waals surface area contributed by atoms with Crippen molar-refractivity contribution in [3.05, 3.63) is 24.3 Å². The van der Waals surface area contributed by atoms with Gasteiger partial charge in [0, 0.05) is 31.0 Å².